The Morgan fingerprint density at radius 3 is 2.44 bits per heavy atom. The van der Waals surface area contributed by atoms with Crippen LogP contribution in [-0.2, 0) is 4.74 Å². The van der Waals surface area contributed by atoms with Crippen LogP contribution in [0.2, 0.25) is 0 Å². The van der Waals surface area contributed by atoms with E-state index in [-0.39, 0.29) is 6.09 Å². The number of unbranched alkanes of at least 4 members (excludes halogenated alkanes) is 2. The Kier molecular flexibility index (Phi) is 6.86. The summed E-state index contributed by atoms with van der Waals surface area (Å²) in [7, 11) is 1.75. The maximum absolute atomic E-state index is 11.5. The summed E-state index contributed by atoms with van der Waals surface area (Å²) in [4.78, 5) is 13.1. The summed E-state index contributed by atoms with van der Waals surface area (Å²) >= 11 is 0. The highest BCUT2D eigenvalue weighted by Gasteiger charge is 2.18. The number of ether oxygens (including phenoxy) is 1. The molecule has 0 aliphatic rings. The Balaban J connectivity index is 3.84. The lowest BCUT2D eigenvalue weighted by Crippen LogP contribution is -2.34. The minimum atomic E-state index is -0.419. The van der Waals surface area contributed by atoms with Crippen molar-refractivity contribution < 1.29 is 9.53 Å². The normalized spacial score (nSPS) is 11.8. The van der Waals surface area contributed by atoms with Gasteiger partial charge in [-0.1, -0.05) is 31.9 Å². The second kappa shape index (κ2) is 7.31. The summed E-state index contributed by atoms with van der Waals surface area (Å²) in [6.45, 7) is 8.39. The Labute approximate surface area is 99.5 Å². The molecule has 94 valence electrons. The first kappa shape index (κ1) is 15.0. The molecule has 0 fully saturated rings. The molecular formula is C13H25NO2. The first-order chi connectivity index (χ1) is 7.37. The molecule has 3 heteroatoms. The number of likely N-dealkylation sites (N-methyl/N-ethyl adjacent to an activating group) is 1. The van der Waals surface area contributed by atoms with E-state index in [9.17, 15) is 4.79 Å². The van der Waals surface area contributed by atoms with Crippen LogP contribution in [0.15, 0.2) is 12.2 Å². The van der Waals surface area contributed by atoms with Crippen LogP contribution in [0.4, 0.5) is 4.79 Å². The second-order valence-electron chi connectivity index (χ2n) is 4.97. The third-order valence-electron chi connectivity index (χ3n) is 1.98. The van der Waals surface area contributed by atoms with Gasteiger partial charge in [-0.2, -0.15) is 0 Å². The van der Waals surface area contributed by atoms with Gasteiger partial charge in [0.05, 0.1) is 0 Å². The van der Waals surface area contributed by atoms with Crippen LogP contribution in [0.5, 0.6) is 0 Å². The lowest BCUT2D eigenvalue weighted by atomic mass is 10.2. The van der Waals surface area contributed by atoms with Gasteiger partial charge >= 0.3 is 6.09 Å². The zero-order valence-electron chi connectivity index (χ0n) is 11.2. The Hall–Kier alpha value is -0.990. The number of carbonyl (C=O) groups excluding carboxylic acids is 1. The van der Waals surface area contributed by atoms with Crippen LogP contribution in [0.25, 0.3) is 0 Å². The van der Waals surface area contributed by atoms with Gasteiger partial charge in [0.2, 0.25) is 0 Å². The fourth-order valence-electron chi connectivity index (χ4n) is 1.09. The lowest BCUT2D eigenvalue weighted by Gasteiger charge is -2.23. The molecule has 0 aromatic rings. The summed E-state index contributed by atoms with van der Waals surface area (Å²) in [5.41, 5.74) is -0.419. The largest absolute Gasteiger partial charge is 0.444 e. The average molecular weight is 227 g/mol. The summed E-state index contributed by atoms with van der Waals surface area (Å²) < 4.78 is 5.23. The highest BCUT2D eigenvalue weighted by Crippen LogP contribution is 2.08. The zero-order valence-corrected chi connectivity index (χ0v) is 11.2. The van der Waals surface area contributed by atoms with Crippen molar-refractivity contribution in [2.75, 3.05) is 13.6 Å². The van der Waals surface area contributed by atoms with E-state index in [0.29, 0.717) is 6.54 Å². The van der Waals surface area contributed by atoms with Crippen molar-refractivity contribution in [1.82, 2.24) is 4.90 Å². The van der Waals surface area contributed by atoms with Crippen LogP contribution in [0, 0.1) is 0 Å². The first-order valence-corrected chi connectivity index (χ1v) is 5.96. The third-order valence-corrected chi connectivity index (χ3v) is 1.98. The van der Waals surface area contributed by atoms with E-state index in [2.05, 4.69) is 13.0 Å². The molecule has 0 aromatic heterocycles. The molecular weight excluding hydrogens is 202 g/mol. The first-order valence-electron chi connectivity index (χ1n) is 5.96. The summed E-state index contributed by atoms with van der Waals surface area (Å²) in [6, 6.07) is 0. The number of allylic oxidation sites excluding steroid dienone is 1. The van der Waals surface area contributed by atoms with Gasteiger partial charge in [0.15, 0.2) is 0 Å². The molecule has 0 unspecified atom stereocenters. The van der Waals surface area contributed by atoms with Gasteiger partial charge in [-0.25, -0.2) is 4.79 Å². The van der Waals surface area contributed by atoms with E-state index in [1.807, 2.05) is 26.8 Å². The predicted molar refractivity (Wildman–Crippen MR) is 67.5 cm³/mol. The maximum atomic E-state index is 11.5. The molecule has 0 N–H and O–H groups in total. The fourth-order valence-corrected chi connectivity index (χ4v) is 1.09. The molecule has 0 aliphatic carbocycles. The Morgan fingerprint density at radius 1 is 1.31 bits per heavy atom. The molecule has 0 radical (unpaired) electrons. The van der Waals surface area contributed by atoms with Gasteiger partial charge in [-0.15, -0.1) is 0 Å². The quantitative estimate of drug-likeness (QED) is 0.530. The number of carbonyl (C=O) groups is 1. The van der Waals surface area contributed by atoms with Crippen LogP contribution >= 0.6 is 0 Å². The third kappa shape index (κ3) is 8.33. The van der Waals surface area contributed by atoms with Crippen LogP contribution in [0.1, 0.15) is 47.0 Å². The van der Waals surface area contributed by atoms with E-state index in [4.69, 9.17) is 4.74 Å². The average Bonchev–Trinajstić information content (AvgIpc) is 2.14. The molecule has 16 heavy (non-hydrogen) atoms. The Bertz CT molecular complexity index is 229. The predicted octanol–water partition coefficient (Wildman–Crippen LogP) is 3.60. The summed E-state index contributed by atoms with van der Waals surface area (Å²) in [5.74, 6) is 0. The van der Waals surface area contributed by atoms with Crippen molar-refractivity contribution in [2.45, 2.75) is 52.6 Å². The molecule has 0 rings (SSSR count). The maximum Gasteiger partial charge on any atom is 0.410 e. The number of hydrogen-bond acceptors (Lipinski definition) is 2. The molecule has 0 heterocycles. The topological polar surface area (TPSA) is 29.5 Å². The van der Waals surface area contributed by atoms with Gasteiger partial charge in [0, 0.05) is 13.6 Å². The van der Waals surface area contributed by atoms with E-state index in [1.54, 1.807) is 11.9 Å². The van der Waals surface area contributed by atoms with Crippen molar-refractivity contribution >= 4 is 6.09 Å². The monoisotopic (exact) mass is 227 g/mol. The fraction of sp³-hybridized carbons (Fsp3) is 0.769. The minimum absolute atomic E-state index is 0.271. The highest BCUT2D eigenvalue weighted by atomic mass is 16.6. The van der Waals surface area contributed by atoms with Gasteiger partial charge in [-0.05, 0) is 27.2 Å². The van der Waals surface area contributed by atoms with Crippen LogP contribution in [-0.4, -0.2) is 30.2 Å². The minimum Gasteiger partial charge on any atom is -0.444 e. The van der Waals surface area contributed by atoms with E-state index >= 15 is 0 Å². The molecule has 1 amide bonds. The molecule has 0 saturated carbocycles. The van der Waals surface area contributed by atoms with Crippen molar-refractivity contribution in [3.8, 4) is 0 Å². The molecule has 0 aliphatic heterocycles. The van der Waals surface area contributed by atoms with E-state index < -0.39 is 5.60 Å². The van der Waals surface area contributed by atoms with E-state index in [1.165, 1.54) is 12.8 Å². The number of amides is 1. The van der Waals surface area contributed by atoms with Crippen molar-refractivity contribution in [3.63, 3.8) is 0 Å². The van der Waals surface area contributed by atoms with Gasteiger partial charge < -0.3 is 9.64 Å². The second-order valence-corrected chi connectivity index (χ2v) is 4.97. The summed E-state index contributed by atoms with van der Waals surface area (Å²) in [5, 5.41) is 0. The molecule has 0 spiro atoms. The van der Waals surface area contributed by atoms with Gasteiger partial charge in [0.25, 0.3) is 0 Å². The van der Waals surface area contributed by atoms with Gasteiger partial charge in [-0.3, -0.25) is 0 Å². The lowest BCUT2D eigenvalue weighted by molar-refractivity contribution is 0.0317. The zero-order chi connectivity index (χ0) is 12.6. The molecule has 0 atom stereocenters. The SMILES string of the molecule is CCCC/C=C/CN(C)C(=O)OC(C)(C)C. The van der Waals surface area contributed by atoms with Gasteiger partial charge in [0.1, 0.15) is 5.60 Å². The molecule has 0 bridgehead atoms. The number of hydrogen-bond donors (Lipinski definition) is 0. The van der Waals surface area contributed by atoms with Crippen molar-refractivity contribution in [2.24, 2.45) is 0 Å². The molecule has 0 saturated heterocycles. The van der Waals surface area contributed by atoms with E-state index in [0.717, 1.165) is 6.42 Å². The highest BCUT2D eigenvalue weighted by molar-refractivity contribution is 5.67. The molecule has 0 aromatic carbocycles. The van der Waals surface area contributed by atoms with Crippen molar-refractivity contribution in [1.29, 1.82) is 0 Å². The number of nitrogens with zero attached hydrogens (tertiary/aromatic N) is 1. The van der Waals surface area contributed by atoms with Crippen LogP contribution in [0.3, 0.4) is 0 Å². The number of rotatable bonds is 5. The summed E-state index contributed by atoms with van der Waals surface area (Å²) in [6.07, 6.45) is 7.34. The Morgan fingerprint density at radius 2 is 1.94 bits per heavy atom. The van der Waals surface area contributed by atoms with Crippen molar-refractivity contribution in [3.05, 3.63) is 12.2 Å². The standard InChI is InChI=1S/C13H25NO2/c1-6-7-8-9-10-11-14(5)12(15)16-13(2,3)4/h9-10H,6-8,11H2,1-5H3/b10-9+. The molecule has 3 nitrogen and oxygen atoms in total. The smallest absolute Gasteiger partial charge is 0.410 e. The van der Waals surface area contributed by atoms with Crippen LogP contribution < -0.4 is 0 Å².